The van der Waals surface area contributed by atoms with Crippen molar-refractivity contribution in [1.29, 1.82) is 5.26 Å². The Balaban J connectivity index is 1.74. The largest absolute Gasteiger partial charge is 0.440 e. The topological polar surface area (TPSA) is 49.8 Å². The summed E-state index contributed by atoms with van der Waals surface area (Å²) in [5, 5.41) is 10.3. The molecule has 1 aromatic carbocycles. The number of nitriles is 1. The van der Waals surface area contributed by atoms with Gasteiger partial charge < -0.3 is 4.42 Å². The molecule has 1 fully saturated rings. The molecule has 3 unspecified atom stereocenters. The lowest BCUT2D eigenvalue weighted by Crippen LogP contribution is -2.25. The zero-order valence-corrected chi connectivity index (χ0v) is 11.9. The summed E-state index contributed by atoms with van der Waals surface area (Å²) in [4.78, 5) is 4.16. The first kappa shape index (κ1) is 13.3. The molecule has 1 saturated carbocycles. The molecule has 1 aromatic heterocycles. The summed E-state index contributed by atoms with van der Waals surface area (Å²) in [6, 6.07) is 13.0. The normalized spacial score (nSPS) is 26.1. The van der Waals surface area contributed by atoms with Gasteiger partial charge in [-0.3, -0.25) is 0 Å². The second kappa shape index (κ2) is 6.15. The van der Waals surface area contributed by atoms with Gasteiger partial charge in [0.25, 0.3) is 5.22 Å². The fourth-order valence-corrected chi connectivity index (χ4v) is 4.01. The molecule has 0 radical (unpaired) electrons. The first-order valence-corrected chi connectivity index (χ1v) is 7.75. The van der Waals surface area contributed by atoms with Gasteiger partial charge in [0.15, 0.2) is 0 Å². The molecule has 2 aromatic rings. The van der Waals surface area contributed by atoms with Crippen LogP contribution < -0.4 is 0 Å². The maximum absolute atomic E-state index is 9.33. The number of aromatic nitrogens is 1. The fourth-order valence-electron chi connectivity index (χ4n) is 2.83. The van der Waals surface area contributed by atoms with Crippen LogP contribution in [0.25, 0.3) is 0 Å². The Morgan fingerprint density at radius 3 is 2.80 bits per heavy atom. The Hall–Kier alpha value is -1.73. The van der Waals surface area contributed by atoms with E-state index < -0.39 is 0 Å². The zero-order chi connectivity index (χ0) is 13.8. The maximum atomic E-state index is 9.33. The third-order valence-electron chi connectivity index (χ3n) is 3.89. The lowest BCUT2D eigenvalue weighted by atomic mass is 9.79. The molecule has 1 aliphatic rings. The quantitative estimate of drug-likeness (QED) is 0.845. The van der Waals surface area contributed by atoms with Gasteiger partial charge in [0.2, 0.25) is 0 Å². The van der Waals surface area contributed by atoms with Crippen LogP contribution in [0.3, 0.4) is 0 Å². The molecular weight excluding hydrogens is 268 g/mol. The molecule has 3 nitrogen and oxygen atoms in total. The van der Waals surface area contributed by atoms with Crippen molar-refractivity contribution in [3.8, 4) is 6.07 Å². The minimum atomic E-state index is 0.0897. The van der Waals surface area contributed by atoms with E-state index >= 15 is 0 Å². The van der Waals surface area contributed by atoms with Gasteiger partial charge in [0.05, 0.1) is 18.2 Å². The molecule has 0 bridgehead atoms. The van der Waals surface area contributed by atoms with E-state index in [9.17, 15) is 5.26 Å². The Labute approximate surface area is 123 Å². The SMILES string of the molecule is N#CC1CCC(c2ccccc2)CC1Sc1ncco1. The van der Waals surface area contributed by atoms with Crippen LogP contribution in [-0.2, 0) is 0 Å². The molecule has 0 amide bonds. The molecule has 3 atom stereocenters. The van der Waals surface area contributed by atoms with E-state index in [1.165, 1.54) is 5.56 Å². The number of rotatable bonds is 3. The Morgan fingerprint density at radius 2 is 2.10 bits per heavy atom. The number of nitrogens with zero attached hydrogens (tertiary/aromatic N) is 2. The second-order valence-corrected chi connectivity index (χ2v) is 6.30. The highest BCUT2D eigenvalue weighted by atomic mass is 32.2. The van der Waals surface area contributed by atoms with Crippen molar-refractivity contribution < 1.29 is 4.42 Å². The fraction of sp³-hybridized carbons (Fsp3) is 0.375. The summed E-state index contributed by atoms with van der Waals surface area (Å²) in [5.74, 6) is 0.625. The van der Waals surface area contributed by atoms with Crippen LogP contribution in [0.5, 0.6) is 0 Å². The van der Waals surface area contributed by atoms with Crippen LogP contribution >= 0.6 is 11.8 Å². The molecule has 20 heavy (non-hydrogen) atoms. The van der Waals surface area contributed by atoms with Crippen LogP contribution in [0.1, 0.15) is 30.7 Å². The van der Waals surface area contributed by atoms with Gasteiger partial charge in [-0.2, -0.15) is 5.26 Å². The van der Waals surface area contributed by atoms with E-state index in [-0.39, 0.29) is 11.2 Å². The van der Waals surface area contributed by atoms with Gasteiger partial charge in [-0.25, -0.2) is 4.98 Å². The lowest BCUT2D eigenvalue weighted by molar-refractivity contribution is 0.387. The minimum Gasteiger partial charge on any atom is -0.440 e. The first-order chi connectivity index (χ1) is 9.86. The van der Waals surface area contributed by atoms with Crippen LogP contribution in [0.15, 0.2) is 52.4 Å². The highest BCUT2D eigenvalue weighted by molar-refractivity contribution is 7.99. The highest BCUT2D eigenvalue weighted by Gasteiger charge is 2.32. The van der Waals surface area contributed by atoms with Crippen molar-refractivity contribution >= 4 is 11.8 Å². The van der Waals surface area contributed by atoms with Crippen LogP contribution in [0.2, 0.25) is 0 Å². The maximum Gasteiger partial charge on any atom is 0.255 e. The van der Waals surface area contributed by atoms with Crippen LogP contribution in [0, 0.1) is 17.2 Å². The summed E-state index contributed by atoms with van der Waals surface area (Å²) < 4.78 is 5.31. The molecule has 102 valence electrons. The van der Waals surface area contributed by atoms with Crippen molar-refractivity contribution in [3.05, 3.63) is 48.4 Å². The van der Waals surface area contributed by atoms with Gasteiger partial charge in [0, 0.05) is 5.25 Å². The molecule has 0 aliphatic heterocycles. The zero-order valence-electron chi connectivity index (χ0n) is 11.1. The number of benzene rings is 1. The van der Waals surface area contributed by atoms with Crippen molar-refractivity contribution in [2.45, 2.75) is 35.7 Å². The van der Waals surface area contributed by atoms with E-state index in [2.05, 4.69) is 35.3 Å². The number of hydrogen-bond acceptors (Lipinski definition) is 4. The minimum absolute atomic E-state index is 0.0897. The van der Waals surface area contributed by atoms with E-state index in [0.29, 0.717) is 11.1 Å². The second-order valence-electron chi connectivity index (χ2n) is 5.11. The molecular formula is C16H16N2OS. The Morgan fingerprint density at radius 1 is 1.25 bits per heavy atom. The highest BCUT2D eigenvalue weighted by Crippen LogP contribution is 2.42. The molecule has 0 saturated heterocycles. The predicted molar refractivity (Wildman–Crippen MR) is 78.3 cm³/mol. The summed E-state index contributed by atoms with van der Waals surface area (Å²) in [7, 11) is 0. The van der Waals surface area contributed by atoms with Gasteiger partial charge in [0.1, 0.15) is 6.26 Å². The molecule has 0 N–H and O–H groups in total. The van der Waals surface area contributed by atoms with Crippen molar-refractivity contribution in [2.24, 2.45) is 5.92 Å². The van der Waals surface area contributed by atoms with Gasteiger partial charge in [-0.1, -0.05) is 42.1 Å². The molecule has 1 aliphatic carbocycles. The average molecular weight is 284 g/mol. The van der Waals surface area contributed by atoms with Gasteiger partial charge >= 0.3 is 0 Å². The average Bonchev–Trinajstić information content (AvgIpc) is 3.01. The van der Waals surface area contributed by atoms with Crippen molar-refractivity contribution in [1.82, 2.24) is 4.98 Å². The van der Waals surface area contributed by atoms with E-state index in [1.54, 1.807) is 24.2 Å². The Kier molecular flexibility index (Phi) is 4.08. The molecule has 4 heteroatoms. The monoisotopic (exact) mass is 284 g/mol. The Bertz CT molecular complexity index is 576. The van der Waals surface area contributed by atoms with E-state index in [0.717, 1.165) is 19.3 Å². The lowest BCUT2D eigenvalue weighted by Gasteiger charge is -2.31. The summed E-state index contributed by atoms with van der Waals surface area (Å²) >= 11 is 1.60. The smallest absolute Gasteiger partial charge is 0.255 e. The van der Waals surface area contributed by atoms with E-state index in [1.807, 2.05) is 6.07 Å². The third-order valence-corrected chi connectivity index (χ3v) is 5.12. The summed E-state index contributed by atoms with van der Waals surface area (Å²) in [6.07, 6.45) is 6.29. The number of thioether (sulfide) groups is 1. The number of oxazole rings is 1. The van der Waals surface area contributed by atoms with Crippen molar-refractivity contribution in [3.63, 3.8) is 0 Å². The van der Waals surface area contributed by atoms with Crippen LogP contribution in [0.4, 0.5) is 0 Å². The predicted octanol–water partition coefficient (Wildman–Crippen LogP) is 4.24. The van der Waals surface area contributed by atoms with Gasteiger partial charge in [-0.15, -0.1) is 0 Å². The summed E-state index contributed by atoms with van der Waals surface area (Å²) in [6.45, 7) is 0. The standard InChI is InChI=1S/C16H16N2OS/c17-11-14-7-6-13(12-4-2-1-3-5-12)10-15(14)20-16-18-8-9-19-16/h1-5,8-9,13-15H,6-7,10H2. The first-order valence-electron chi connectivity index (χ1n) is 6.87. The summed E-state index contributed by atoms with van der Waals surface area (Å²) in [5.41, 5.74) is 1.38. The molecule has 0 spiro atoms. The molecule has 3 rings (SSSR count). The van der Waals surface area contributed by atoms with E-state index in [4.69, 9.17) is 4.42 Å². The van der Waals surface area contributed by atoms with Gasteiger partial charge in [-0.05, 0) is 30.7 Å². The van der Waals surface area contributed by atoms with Crippen LogP contribution in [-0.4, -0.2) is 10.2 Å². The molecule has 1 heterocycles. The third kappa shape index (κ3) is 2.88. The van der Waals surface area contributed by atoms with Crippen molar-refractivity contribution in [2.75, 3.05) is 0 Å². The number of hydrogen-bond donors (Lipinski definition) is 0.